The summed E-state index contributed by atoms with van der Waals surface area (Å²) in [6.07, 6.45) is 0. The number of ether oxygens (including phenoxy) is 3. The summed E-state index contributed by atoms with van der Waals surface area (Å²) in [6, 6.07) is 11.2. The Kier molecular flexibility index (Phi) is 3.70. The minimum absolute atomic E-state index is 0.157. The van der Waals surface area contributed by atoms with E-state index in [9.17, 15) is 4.39 Å². The van der Waals surface area contributed by atoms with E-state index in [1.54, 1.807) is 30.3 Å². The molecular formula is C16H13FN4O3. The highest BCUT2D eigenvalue weighted by molar-refractivity contribution is 5.46. The second-order valence-electron chi connectivity index (χ2n) is 5.08. The van der Waals surface area contributed by atoms with Crippen LogP contribution < -0.4 is 14.2 Å². The van der Waals surface area contributed by atoms with E-state index in [0.717, 1.165) is 0 Å². The van der Waals surface area contributed by atoms with Gasteiger partial charge in [0.25, 0.3) is 0 Å². The third-order valence-electron chi connectivity index (χ3n) is 3.49. The van der Waals surface area contributed by atoms with Gasteiger partial charge in [-0.3, -0.25) is 0 Å². The Morgan fingerprint density at radius 1 is 1.04 bits per heavy atom. The maximum atomic E-state index is 13.0. The van der Waals surface area contributed by atoms with Crippen molar-refractivity contribution in [3.63, 3.8) is 0 Å². The molecule has 1 aliphatic heterocycles. The summed E-state index contributed by atoms with van der Waals surface area (Å²) in [5.74, 6) is 2.15. The molecule has 0 radical (unpaired) electrons. The van der Waals surface area contributed by atoms with E-state index < -0.39 is 0 Å². The monoisotopic (exact) mass is 328 g/mol. The van der Waals surface area contributed by atoms with E-state index in [1.807, 2.05) is 0 Å². The molecule has 1 aliphatic rings. The minimum atomic E-state index is -0.319. The van der Waals surface area contributed by atoms with Gasteiger partial charge in [-0.25, -0.2) is 4.39 Å². The van der Waals surface area contributed by atoms with Crippen LogP contribution in [0.4, 0.5) is 4.39 Å². The Labute approximate surface area is 136 Å². The minimum Gasteiger partial charge on any atom is -0.486 e. The number of halogens is 1. The molecule has 0 N–H and O–H groups in total. The standard InChI is InChI=1S/C16H13FN4O3/c17-11-1-3-12(4-2-11)21-16(18-19-20-21)10-24-13-5-6-14-15(9-13)23-8-7-22-14/h1-6,9H,7-8,10H2. The van der Waals surface area contributed by atoms with Crippen molar-refractivity contribution in [2.75, 3.05) is 13.2 Å². The number of benzene rings is 2. The van der Waals surface area contributed by atoms with Gasteiger partial charge in [-0.1, -0.05) is 0 Å². The van der Waals surface area contributed by atoms with Gasteiger partial charge in [0.1, 0.15) is 31.4 Å². The van der Waals surface area contributed by atoms with Gasteiger partial charge < -0.3 is 14.2 Å². The van der Waals surface area contributed by atoms with Crippen molar-refractivity contribution in [3.8, 4) is 22.9 Å². The lowest BCUT2D eigenvalue weighted by Crippen LogP contribution is -2.15. The molecule has 0 saturated carbocycles. The van der Waals surface area contributed by atoms with Crippen LogP contribution >= 0.6 is 0 Å². The summed E-state index contributed by atoms with van der Waals surface area (Å²) in [7, 11) is 0. The summed E-state index contributed by atoms with van der Waals surface area (Å²) in [6.45, 7) is 1.21. The Bertz CT molecular complexity index is 851. The van der Waals surface area contributed by atoms with Crippen LogP contribution in [0.1, 0.15) is 5.82 Å². The van der Waals surface area contributed by atoms with Crippen LogP contribution in [0.25, 0.3) is 5.69 Å². The molecular weight excluding hydrogens is 315 g/mol. The predicted molar refractivity (Wildman–Crippen MR) is 80.9 cm³/mol. The lowest BCUT2D eigenvalue weighted by Gasteiger charge is -2.18. The highest BCUT2D eigenvalue weighted by atomic mass is 19.1. The lowest BCUT2D eigenvalue weighted by molar-refractivity contribution is 0.170. The van der Waals surface area contributed by atoms with Crippen molar-refractivity contribution in [2.45, 2.75) is 6.61 Å². The molecule has 1 aromatic heterocycles. The topological polar surface area (TPSA) is 71.3 Å². The first-order chi connectivity index (χ1) is 11.8. The Balaban J connectivity index is 1.51. The molecule has 7 nitrogen and oxygen atoms in total. The van der Waals surface area contributed by atoms with Gasteiger partial charge in [-0.15, -0.1) is 5.10 Å². The van der Waals surface area contributed by atoms with Crippen LogP contribution in [0.2, 0.25) is 0 Å². The van der Waals surface area contributed by atoms with Gasteiger partial charge in [0, 0.05) is 6.07 Å². The first-order valence-electron chi connectivity index (χ1n) is 7.35. The van der Waals surface area contributed by atoms with E-state index >= 15 is 0 Å². The molecule has 0 unspecified atom stereocenters. The average Bonchev–Trinajstić information content (AvgIpc) is 3.09. The number of hydrogen-bond acceptors (Lipinski definition) is 6. The first kappa shape index (κ1) is 14.4. The molecule has 2 heterocycles. The summed E-state index contributed by atoms with van der Waals surface area (Å²) in [5.41, 5.74) is 0.655. The molecule has 0 saturated heterocycles. The number of hydrogen-bond donors (Lipinski definition) is 0. The van der Waals surface area contributed by atoms with Crippen molar-refractivity contribution >= 4 is 0 Å². The summed E-state index contributed by atoms with van der Waals surface area (Å²) < 4.78 is 31.2. The third kappa shape index (κ3) is 2.85. The van der Waals surface area contributed by atoms with Gasteiger partial charge in [-0.2, -0.15) is 4.68 Å². The Morgan fingerprint density at radius 3 is 2.67 bits per heavy atom. The molecule has 3 aromatic rings. The molecule has 24 heavy (non-hydrogen) atoms. The van der Waals surface area contributed by atoms with Gasteiger partial charge in [0.05, 0.1) is 5.69 Å². The van der Waals surface area contributed by atoms with Crippen LogP contribution in [0, 0.1) is 5.82 Å². The molecule has 0 aliphatic carbocycles. The van der Waals surface area contributed by atoms with Crippen molar-refractivity contribution in [3.05, 3.63) is 54.1 Å². The van der Waals surface area contributed by atoms with Crippen LogP contribution in [0.15, 0.2) is 42.5 Å². The number of nitrogens with zero attached hydrogens (tertiary/aromatic N) is 4. The van der Waals surface area contributed by atoms with Gasteiger partial charge in [0.2, 0.25) is 0 Å². The zero-order chi connectivity index (χ0) is 16.4. The normalized spacial score (nSPS) is 12.9. The number of tetrazole rings is 1. The van der Waals surface area contributed by atoms with E-state index in [4.69, 9.17) is 14.2 Å². The summed E-state index contributed by atoms with van der Waals surface area (Å²) in [5, 5.41) is 11.5. The van der Waals surface area contributed by atoms with Gasteiger partial charge in [0.15, 0.2) is 17.3 Å². The average molecular weight is 328 g/mol. The lowest BCUT2D eigenvalue weighted by atomic mass is 10.3. The number of rotatable bonds is 4. The summed E-state index contributed by atoms with van der Waals surface area (Å²) >= 11 is 0. The number of aromatic nitrogens is 4. The molecule has 0 amide bonds. The Hall–Kier alpha value is -3.16. The zero-order valence-electron chi connectivity index (χ0n) is 12.6. The maximum absolute atomic E-state index is 13.0. The predicted octanol–water partition coefficient (Wildman–Crippen LogP) is 2.15. The van der Waals surface area contributed by atoms with Crippen molar-refractivity contribution in [1.82, 2.24) is 20.2 Å². The number of fused-ring (bicyclic) bond motifs is 1. The van der Waals surface area contributed by atoms with Gasteiger partial charge in [-0.05, 0) is 46.8 Å². The van der Waals surface area contributed by atoms with Crippen LogP contribution in [0.5, 0.6) is 17.2 Å². The van der Waals surface area contributed by atoms with Gasteiger partial charge >= 0.3 is 0 Å². The molecule has 0 spiro atoms. The molecule has 0 atom stereocenters. The zero-order valence-corrected chi connectivity index (χ0v) is 12.6. The van der Waals surface area contributed by atoms with E-state index in [2.05, 4.69) is 15.5 Å². The van der Waals surface area contributed by atoms with E-state index in [1.165, 1.54) is 16.8 Å². The summed E-state index contributed by atoms with van der Waals surface area (Å²) in [4.78, 5) is 0. The van der Waals surface area contributed by atoms with Crippen LogP contribution in [-0.4, -0.2) is 33.4 Å². The first-order valence-corrected chi connectivity index (χ1v) is 7.35. The quantitative estimate of drug-likeness (QED) is 0.731. The van der Waals surface area contributed by atoms with Crippen molar-refractivity contribution in [2.24, 2.45) is 0 Å². The fraction of sp³-hybridized carbons (Fsp3) is 0.188. The van der Waals surface area contributed by atoms with Crippen LogP contribution in [-0.2, 0) is 6.61 Å². The molecule has 4 rings (SSSR count). The molecule has 0 fully saturated rings. The van der Waals surface area contributed by atoms with Crippen molar-refractivity contribution < 1.29 is 18.6 Å². The van der Waals surface area contributed by atoms with E-state index in [-0.39, 0.29) is 12.4 Å². The molecule has 0 bridgehead atoms. The fourth-order valence-corrected chi connectivity index (χ4v) is 2.34. The highest BCUT2D eigenvalue weighted by Gasteiger charge is 2.14. The fourth-order valence-electron chi connectivity index (χ4n) is 2.34. The Morgan fingerprint density at radius 2 is 1.83 bits per heavy atom. The molecule has 122 valence electrons. The second kappa shape index (κ2) is 6.15. The molecule has 8 heteroatoms. The maximum Gasteiger partial charge on any atom is 0.194 e. The highest BCUT2D eigenvalue weighted by Crippen LogP contribution is 2.33. The SMILES string of the molecule is Fc1ccc(-n2nnnc2COc2ccc3c(c2)OCCO3)cc1. The third-order valence-corrected chi connectivity index (χ3v) is 3.49. The smallest absolute Gasteiger partial charge is 0.194 e. The van der Waals surface area contributed by atoms with E-state index in [0.29, 0.717) is 42.0 Å². The van der Waals surface area contributed by atoms with Crippen LogP contribution in [0.3, 0.4) is 0 Å². The second-order valence-corrected chi connectivity index (χ2v) is 5.08. The largest absolute Gasteiger partial charge is 0.486 e. The van der Waals surface area contributed by atoms with Crippen molar-refractivity contribution in [1.29, 1.82) is 0 Å². The molecule has 2 aromatic carbocycles.